The first-order chi connectivity index (χ1) is 11.3. The second kappa shape index (κ2) is 6.17. The summed E-state index contributed by atoms with van der Waals surface area (Å²) in [5, 5.41) is 6.10. The quantitative estimate of drug-likeness (QED) is 0.924. The van der Waals surface area contributed by atoms with Gasteiger partial charge in [0.2, 0.25) is 12.7 Å². The van der Waals surface area contributed by atoms with Crippen LogP contribution in [0.1, 0.15) is 5.69 Å². The van der Waals surface area contributed by atoms with Crippen molar-refractivity contribution in [1.29, 1.82) is 0 Å². The zero-order valence-corrected chi connectivity index (χ0v) is 13.4. The van der Waals surface area contributed by atoms with Gasteiger partial charge in [0.25, 0.3) is 0 Å². The number of amides is 1. The number of hydrogen-bond acceptors (Lipinski definition) is 6. The Morgan fingerprint density at radius 2 is 2.09 bits per heavy atom. The van der Waals surface area contributed by atoms with Gasteiger partial charge in [-0.25, -0.2) is 4.98 Å². The number of ether oxygens (including phenoxy) is 2. The van der Waals surface area contributed by atoms with Crippen LogP contribution in [0.2, 0.25) is 0 Å². The van der Waals surface area contributed by atoms with E-state index in [1.165, 1.54) is 0 Å². The van der Waals surface area contributed by atoms with Crippen LogP contribution in [-0.2, 0) is 11.2 Å². The van der Waals surface area contributed by atoms with Crippen molar-refractivity contribution in [1.82, 2.24) is 15.2 Å². The van der Waals surface area contributed by atoms with Gasteiger partial charge in [-0.1, -0.05) is 0 Å². The molecule has 0 saturated carbocycles. The molecule has 1 N–H and O–H groups in total. The molecule has 120 valence electrons. The molecule has 1 aromatic heterocycles. The number of rotatable bonds is 3. The Balaban J connectivity index is 1.47. The Morgan fingerprint density at radius 3 is 2.96 bits per heavy atom. The molecular formula is C16H17N3O3S. The van der Waals surface area contributed by atoms with Crippen molar-refractivity contribution in [3.05, 3.63) is 29.3 Å². The van der Waals surface area contributed by atoms with Gasteiger partial charge in [-0.15, -0.1) is 11.3 Å². The summed E-state index contributed by atoms with van der Waals surface area (Å²) in [7, 11) is 0. The van der Waals surface area contributed by atoms with Crippen molar-refractivity contribution in [3.8, 4) is 22.1 Å². The molecule has 0 atom stereocenters. The molecule has 0 unspecified atom stereocenters. The summed E-state index contributed by atoms with van der Waals surface area (Å²) in [6, 6.07) is 5.79. The van der Waals surface area contributed by atoms with E-state index in [4.69, 9.17) is 9.47 Å². The number of carbonyl (C=O) groups excluding carboxylic acids is 1. The zero-order valence-electron chi connectivity index (χ0n) is 12.6. The number of benzene rings is 1. The molecule has 2 aromatic rings. The summed E-state index contributed by atoms with van der Waals surface area (Å²) in [5.41, 5.74) is 1.81. The third-order valence-corrected chi connectivity index (χ3v) is 4.91. The van der Waals surface area contributed by atoms with Crippen LogP contribution in [0.4, 0.5) is 0 Å². The first-order valence-electron chi connectivity index (χ1n) is 7.62. The lowest BCUT2D eigenvalue weighted by molar-refractivity contribution is -0.131. The highest BCUT2D eigenvalue weighted by atomic mass is 32.1. The molecule has 1 aromatic carbocycles. The standard InChI is InChI=1S/C16H17N3O3S/c20-15(19-5-3-17-4-6-19)8-12-9-23-16(18-12)11-1-2-13-14(7-11)22-10-21-13/h1-2,7,9,17H,3-6,8,10H2. The molecule has 2 aliphatic rings. The summed E-state index contributed by atoms with van der Waals surface area (Å²) in [6.07, 6.45) is 0.362. The molecule has 3 heterocycles. The van der Waals surface area contributed by atoms with Crippen molar-refractivity contribution in [2.45, 2.75) is 6.42 Å². The lowest BCUT2D eigenvalue weighted by atomic mass is 10.2. The fourth-order valence-electron chi connectivity index (χ4n) is 2.73. The highest BCUT2D eigenvalue weighted by Crippen LogP contribution is 2.36. The maximum absolute atomic E-state index is 12.3. The van der Waals surface area contributed by atoms with Gasteiger partial charge in [-0.3, -0.25) is 4.79 Å². The average molecular weight is 331 g/mol. The van der Waals surface area contributed by atoms with Crippen LogP contribution in [0.15, 0.2) is 23.6 Å². The predicted molar refractivity (Wildman–Crippen MR) is 86.8 cm³/mol. The Bertz CT molecular complexity index is 725. The molecule has 6 nitrogen and oxygen atoms in total. The van der Waals surface area contributed by atoms with Gasteiger partial charge >= 0.3 is 0 Å². The van der Waals surface area contributed by atoms with Gasteiger partial charge in [-0.2, -0.15) is 0 Å². The number of piperazine rings is 1. The van der Waals surface area contributed by atoms with E-state index in [1.54, 1.807) is 11.3 Å². The van der Waals surface area contributed by atoms with Crippen LogP contribution in [-0.4, -0.2) is 48.8 Å². The molecule has 0 spiro atoms. The summed E-state index contributed by atoms with van der Waals surface area (Å²) in [5.74, 6) is 1.66. The molecule has 7 heteroatoms. The minimum absolute atomic E-state index is 0.147. The van der Waals surface area contributed by atoms with Crippen LogP contribution in [0.25, 0.3) is 10.6 Å². The first-order valence-corrected chi connectivity index (χ1v) is 8.50. The van der Waals surface area contributed by atoms with Crippen LogP contribution in [0.3, 0.4) is 0 Å². The smallest absolute Gasteiger partial charge is 0.231 e. The van der Waals surface area contributed by atoms with Crippen LogP contribution in [0.5, 0.6) is 11.5 Å². The third kappa shape index (κ3) is 3.02. The topological polar surface area (TPSA) is 63.7 Å². The van der Waals surface area contributed by atoms with E-state index in [-0.39, 0.29) is 12.7 Å². The molecule has 1 fully saturated rings. The Kier molecular flexibility index (Phi) is 3.88. The van der Waals surface area contributed by atoms with Crippen LogP contribution >= 0.6 is 11.3 Å². The average Bonchev–Trinajstić information content (AvgIpc) is 3.23. The van der Waals surface area contributed by atoms with Gasteiger partial charge in [0.1, 0.15) is 5.01 Å². The second-order valence-electron chi connectivity index (χ2n) is 5.52. The normalized spacial score (nSPS) is 16.6. The van der Waals surface area contributed by atoms with Crippen LogP contribution < -0.4 is 14.8 Å². The van der Waals surface area contributed by atoms with Crippen molar-refractivity contribution in [2.24, 2.45) is 0 Å². The number of nitrogens with zero attached hydrogens (tertiary/aromatic N) is 2. The summed E-state index contributed by atoms with van der Waals surface area (Å²) in [4.78, 5) is 18.8. The van der Waals surface area contributed by atoms with E-state index in [9.17, 15) is 4.79 Å². The first kappa shape index (κ1) is 14.5. The summed E-state index contributed by atoms with van der Waals surface area (Å²) < 4.78 is 10.7. The van der Waals surface area contributed by atoms with Crippen molar-refractivity contribution in [2.75, 3.05) is 33.0 Å². The molecule has 0 radical (unpaired) electrons. The van der Waals surface area contributed by atoms with E-state index >= 15 is 0 Å². The van der Waals surface area contributed by atoms with E-state index in [0.717, 1.165) is 53.9 Å². The zero-order chi connectivity index (χ0) is 15.6. The Labute approximate surface area is 138 Å². The number of thiazole rings is 1. The number of hydrogen-bond donors (Lipinski definition) is 1. The highest BCUT2D eigenvalue weighted by molar-refractivity contribution is 7.13. The fraction of sp³-hybridized carbons (Fsp3) is 0.375. The summed E-state index contributed by atoms with van der Waals surface area (Å²) >= 11 is 1.55. The van der Waals surface area contributed by atoms with E-state index in [1.807, 2.05) is 28.5 Å². The molecule has 23 heavy (non-hydrogen) atoms. The lowest BCUT2D eigenvalue weighted by Crippen LogP contribution is -2.46. The van der Waals surface area contributed by atoms with Crippen molar-refractivity contribution in [3.63, 3.8) is 0 Å². The maximum Gasteiger partial charge on any atom is 0.231 e. The van der Waals surface area contributed by atoms with E-state index in [2.05, 4.69) is 10.3 Å². The minimum atomic E-state index is 0.147. The van der Waals surface area contributed by atoms with E-state index in [0.29, 0.717) is 6.42 Å². The molecule has 4 rings (SSSR count). The number of carbonyl (C=O) groups is 1. The predicted octanol–water partition coefficient (Wildman–Crippen LogP) is 1.51. The number of fused-ring (bicyclic) bond motifs is 1. The monoisotopic (exact) mass is 331 g/mol. The lowest BCUT2D eigenvalue weighted by Gasteiger charge is -2.27. The molecular weight excluding hydrogens is 314 g/mol. The highest BCUT2D eigenvalue weighted by Gasteiger charge is 2.19. The van der Waals surface area contributed by atoms with Gasteiger partial charge < -0.3 is 19.7 Å². The number of aromatic nitrogens is 1. The molecule has 1 saturated heterocycles. The molecule has 0 bridgehead atoms. The second-order valence-corrected chi connectivity index (χ2v) is 6.38. The minimum Gasteiger partial charge on any atom is -0.454 e. The van der Waals surface area contributed by atoms with Gasteiger partial charge in [-0.05, 0) is 18.2 Å². The van der Waals surface area contributed by atoms with E-state index < -0.39 is 0 Å². The van der Waals surface area contributed by atoms with Gasteiger partial charge in [0.05, 0.1) is 12.1 Å². The molecule has 1 amide bonds. The largest absolute Gasteiger partial charge is 0.454 e. The molecule has 0 aliphatic carbocycles. The Hall–Kier alpha value is -2.12. The van der Waals surface area contributed by atoms with Crippen LogP contribution in [0, 0.1) is 0 Å². The van der Waals surface area contributed by atoms with Gasteiger partial charge in [0, 0.05) is 37.1 Å². The van der Waals surface area contributed by atoms with Gasteiger partial charge in [0.15, 0.2) is 11.5 Å². The molecule has 2 aliphatic heterocycles. The third-order valence-electron chi connectivity index (χ3n) is 3.97. The maximum atomic E-state index is 12.3. The Morgan fingerprint density at radius 1 is 1.26 bits per heavy atom. The van der Waals surface area contributed by atoms with Crippen molar-refractivity contribution < 1.29 is 14.3 Å². The number of nitrogens with one attached hydrogen (secondary N) is 1. The SMILES string of the molecule is O=C(Cc1csc(-c2ccc3c(c2)OCO3)n1)N1CCNCC1. The fourth-order valence-corrected chi connectivity index (χ4v) is 3.55. The summed E-state index contributed by atoms with van der Waals surface area (Å²) in [6.45, 7) is 3.55. The van der Waals surface area contributed by atoms with Crippen molar-refractivity contribution >= 4 is 17.2 Å².